The first kappa shape index (κ1) is 33.2. The number of nitrogens with zero attached hydrogens (tertiary/aromatic N) is 3. The molecule has 0 saturated carbocycles. The van der Waals surface area contributed by atoms with Crippen molar-refractivity contribution in [3.05, 3.63) is 200 Å². The van der Waals surface area contributed by atoms with E-state index in [1.807, 2.05) is 18.2 Å². The average Bonchev–Trinajstić information content (AvgIpc) is 3.70. The molecule has 0 aliphatic rings. The zero-order chi connectivity index (χ0) is 38.9. The van der Waals surface area contributed by atoms with E-state index in [0.29, 0.717) is 17.5 Å². The number of aromatic nitrogens is 3. The van der Waals surface area contributed by atoms with E-state index >= 15 is 0 Å². The maximum absolute atomic E-state index is 6.64. The molecule has 2 aromatic heterocycles. The normalized spacial score (nSPS) is 11.7. The molecule has 0 radical (unpaired) electrons. The smallest absolute Gasteiger partial charge is 0.167 e. The molecule has 10 aromatic carbocycles. The van der Waals surface area contributed by atoms with E-state index in [-0.39, 0.29) is 0 Å². The third-order valence-electron chi connectivity index (χ3n) is 11.7. The summed E-state index contributed by atoms with van der Waals surface area (Å²) in [5.74, 6) is 1.73. The standard InChI is InChI=1S/C55H33N3O/c1-2-15-34(16-3-1)41-31-29-35-17-4-8-21-39(35)50(41)54-56-53(47-27-14-26-46-44-25-12-13-28-49(44)59-52(46)47)57-55(58-54)51-40-22-9-5-18-36(40)30-32-45(51)48-33-37-19-6-7-20-38(37)42-23-10-11-24-43(42)48/h1-33H. The quantitative estimate of drug-likeness (QED) is 0.164. The van der Waals surface area contributed by atoms with Gasteiger partial charge in [-0.15, -0.1) is 0 Å². The van der Waals surface area contributed by atoms with E-state index in [2.05, 4.69) is 182 Å². The van der Waals surface area contributed by atoms with Crippen molar-refractivity contribution < 1.29 is 4.42 Å². The van der Waals surface area contributed by atoms with Crippen molar-refractivity contribution in [1.82, 2.24) is 15.0 Å². The van der Waals surface area contributed by atoms with Gasteiger partial charge in [-0.1, -0.05) is 182 Å². The lowest BCUT2D eigenvalue weighted by molar-refractivity contribution is 0.669. The first-order valence-corrected chi connectivity index (χ1v) is 19.9. The summed E-state index contributed by atoms with van der Waals surface area (Å²) in [4.78, 5) is 16.5. The highest BCUT2D eigenvalue weighted by Crippen LogP contribution is 2.45. The monoisotopic (exact) mass is 751 g/mol. The van der Waals surface area contributed by atoms with Gasteiger partial charge in [-0.2, -0.15) is 0 Å². The third kappa shape index (κ3) is 5.34. The zero-order valence-electron chi connectivity index (χ0n) is 31.8. The van der Waals surface area contributed by atoms with Crippen LogP contribution in [-0.4, -0.2) is 15.0 Å². The number of para-hydroxylation sites is 2. The Morgan fingerprint density at radius 2 is 0.814 bits per heavy atom. The molecule has 0 aliphatic heterocycles. The molecule has 59 heavy (non-hydrogen) atoms. The SMILES string of the molecule is c1ccc(-c2ccc3ccccc3c2-c2nc(-c3c(-c4cc5ccccc5c5ccccc45)ccc4ccccc34)nc(-c3cccc4c3oc3ccccc34)n2)cc1. The summed E-state index contributed by atoms with van der Waals surface area (Å²) < 4.78 is 6.64. The first-order valence-electron chi connectivity index (χ1n) is 19.9. The summed E-state index contributed by atoms with van der Waals surface area (Å²) in [6.07, 6.45) is 0. The van der Waals surface area contributed by atoms with Gasteiger partial charge in [0.1, 0.15) is 11.2 Å². The minimum atomic E-state index is 0.545. The Hall–Kier alpha value is -7.95. The fourth-order valence-electron chi connectivity index (χ4n) is 9.03. The van der Waals surface area contributed by atoms with Gasteiger partial charge < -0.3 is 4.42 Å². The summed E-state index contributed by atoms with van der Waals surface area (Å²) in [5.41, 5.74) is 8.59. The largest absolute Gasteiger partial charge is 0.455 e. The molecular formula is C55H33N3O. The fourth-order valence-corrected chi connectivity index (χ4v) is 9.03. The van der Waals surface area contributed by atoms with Gasteiger partial charge >= 0.3 is 0 Å². The highest BCUT2D eigenvalue weighted by atomic mass is 16.3. The van der Waals surface area contributed by atoms with Crippen molar-refractivity contribution >= 4 is 65.0 Å². The molecule has 0 amide bonds. The van der Waals surface area contributed by atoms with Crippen LogP contribution in [0.4, 0.5) is 0 Å². The lowest BCUT2D eigenvalue weighted by atomic mass is 9.88. The Morgan fingerprint density at radius 3 is 1.54 bits per heavy atom. The second-order valence-electron chi connectivity index (χ2n) is 15.1. The molecule has 0 aliphatic carbocycles. The van der Waals surface area contributed by atoms with Gasteiger partial charge in [0.15, 0.2) is 17.5 Å². The van der Waals surface area contributed by atoms with Crippen molar-refractivity contribution in [1.29, 1.82) is 0 Å². The Labute approximate surface area is 339 Å². The summed E-state index contributed by atoms with van der Waals surface area (Å²) in [7, 11) is 0. The van der Waals surface area contributed by atoms with Gasteiger partial charge in [0.2, 0.25) is 0 Å². The molecule has 12 rings (SSSR count). The van der Waals surface area contributed by atoms with Crippen molar-refractivity contribution in [3.8, 4) is 56.4 Å². The van der Waals surface area contributed by atoms with Gasteiger partial charge in [-0.05, 0) is 83.5 Å². The molecule has 274 valence electrons. The van der Waals surface area contributed by atoms with Crippen LogP contribution in [0.25, 0.3) is 121 Å². The number of rotatable bonds is 5. The van der Waals surface area contributed by atoms with Crippen LogP contribution < -0.4 is 0 Å². The van der Waals surface area contributed by atoms with Crippen LogP contribution >= 0.6 is 0 Å². The maximum atomic E-state index is 6.64. The van der Waals surface area contributed by atoms with Crippen LogP contribution in [0.15, 0.2) is 205 Å². The molecule has 0 saturated heterocycles. The van der Waals surface area contributed by atoms with Gasteiger partial charge in [0, 0.05) is 21.9 Å². The van der Waals surface area contributed by atoms with Crippen molar-refractivity contribution in [2.24, 2.45) is 0 Å². The fraction of sp³-hybridized carbons (Fsp3) is 0. The van der Waals surface area contributed by atoms with Gasteiger partial charge in [0.25, 0.3) is 0 Å². The highest BCUT2D eigenvalue weighted by Gasteiger charge is 2.24. The molecule has 4 nitrogen and oxygen atoms in total. The lowest BCUT2D eigenvalue weighted by Crippen LogP contribution is -2.03. The van der Waals surface area contributed by atoms with E-state index in [1.165, 1.54) is 21.5 Å². The Kier molecular flexibility index (Phi) is 7.50. The molecule has 0 N–H and O–H groups in total. The molecule has 12 aromatic rings. The summed E-state index contributed by atoms with van der Waals surface area (Å²) in [6, 6.07) is 70.5. The minimum Gasteiger partial charge on any atom is -0.455 e. The van der Waals surface area contributed by atoms with E-state index in [4.69, 9.17) is 19.4 Å². The van der Waals surface area contributed by atoms with E-state index in [9.17, 15) is 0 Å². The molecule has 0 unspecified atom stereocenters. The second kappa shape index (κ2) is 13.3. The second-order valence-corrected chi connectivity index (χ2v) is 15.1. The number of benzene rings is 10. The number of furan rings is 1. The van der Waals surface area contributed by atoms with Gasteiger partial charge in [-0.3, -0.25) is 0 Å². The molecule has 0 bridgehead atoms. The molecule has 0 fully saturated rings. The molecule has 0 spiro atoms. The number of hydrogen-bond donors (Lipinski definition) is 0. The van der Waals surface area contributed by atoms with E-state index < -0.39 is 0 Å². The van der Waals surface area contributed by atoms with Crippen LogP contribution in [0.3, 0.4) is 0 Å². The van der Waals surface area contributed by atoms with Gasteiger partial charge in [0.05, 0.1) is 5.56 Å². The number of fused-ring (bicyclic) bond motifs is 8. The van der Waals surface area contributed by atoms with Crippen molar-refractivity contribution in [3.63, 3.8) is 0 Å². The van der Waals surface area contributed by atoms with E-state index in [0.717, 1.165) is 82.4 Å². The molecule has 4 heteroatoms. The summed E-state index contributed by atoms with van der Waals surface area (Å²) in [6.45, 7) is 0. The average molecular weight is 752 g/mol. The maximum Gasteiger partial charge on any atom is 0.167 e. The minimum absolute atomic E-state index is 0.545. The van der Waals surface area contributed by atoms with Crippen LogP contribution in [-0.2, 0) is 0 Å². The summed E-state index contributed by atoms with van der Waals surface area (Å²) >= 11 is 0. The molecular weight excluding hydrogens is 719 g/mol. The Balaban J connectivity index is 1.23. The topological polar surface area (TPSA) is 51.8 Å². The van der Waals surface area contributed by atoms with Crippen LogP contribution in [0.5, 0.6) is 0 Å². The van der Waals surface area contributed by atoms with Gasteiger partial charge in [-0.25, -0.2) is 15.0 Å². The Bertz CT molecular complexity index is 3620. The van der Waals surface area contributed by atoms with Crippen LogP contribution in [0, 0.1) is 0 Å². The lowest BCUT2D eigenvalue weighted by Gasteiger charge is -2.18. The first-order chi connectivity index (χ1) is 29.3. The third-order valence-corrected chi connectivity index (χ3v) is 11.7. The van der Waals surface area contributed by atoms with Crippen molar-refractivity contribution in [2.75, 3.05) is 0 Å². The highest BCUT2D eigenvalue weighted by molar-refractivity contribution is 6.17. The molecule has 2 heterocycles. The Morgan fingerprint density at radius 1 is 0.288 bits per heavy atom. The van der Waals surface area contributed by atoms with Crippen LogP contribution in [0.2, 0.25) is 0 Å². The molecule has 0 atom stereocenters. The summed E-state index contributed by atoms with van der Waals surface area (Å²) in [5, 5.41) is 11.2. The van der Waals surface area contributed by atoms with Crippen LogP contribution in [0.1, 0.15) is 0 Å². The van der Waals surface area contributed by atoms with E-state index in [1.54, 1.807) is 0 Å². The van der Waals surface area contributed by atoms with Crippen molar-refractivity contribution in [2.45, 2.75) is 0 Å². The zero-order valence-corrected chi connectivity index (χ0v) is 31.8. The predicted molar refractivity (Wildman–Crippen MR) is 244 cm³/mol. The predicted octanol–water partition coefficient (Wildman–Crippen LogP) is 14.7. The number of hydrogen-bond acceptors (Lipinski definition) is 4.